The lowest BCUT2D eigenvalue weighted by molar-refractivity contribution is 0.0915. The van der Waals surface area contributed by atoms with E-state index in [0.717, 1.165) is 42.6 Å². The summed E-state index contributed by atoms with van der Waals surface area (Å²) in [6.45, 7) is 4.48. The third-order valence-electron chi connectivity index (χ3n) is 6.16. The van der Waals surface area contributed by atoms with Crippen LogP contribution in [0.1, 0.15) is 46.9 Å². The monoisotopic (exact) mass is 449 g/mol. The molecule has 0 aliphatic carbocycles. The molecule has 4 rings (SSSR count). The summed E-state index contributed by atoms with van der Waals surface area (Å²) in [6.07, 6.45) is 3.55. The van der Waals surface area contributed by atoms with E-state index in [2.05, 4.69) is 15.4 Å². The highest BCUT2D eigenvalue weighted by Gasteiger charge is 2.25. The van der Waals surface area contributed by atoms with Crippen LogP contribution >= 0.6 is 0 Å². The number of carbonyl (C=O) groups excluding carboxylic acids is 1. The van der Waals surface area contributed by atoms with Gasteiger partial charge in [0, 0.05) is 18.2 Å². The second-order valence-corrected chi connectivity index (χ2v) is 8.38. The van der Waals surface area contributed by atoms with E-state index in [0.29, 0.717) is 23.8 Å². The number of piperidine rings is 1. The number of ether oxygens (including phenoxy) is 2. The second kappa shape index (κ2) is 10.5. The average molecular weight is 450 g/mol. The predicted molar refractivity (Wildman–Crippen MR) is 127 cm³/mol. The van der Waals surface area contributed by atoms with E-state index in [1.54, 1.807) is 20.3 Å². The Bertz CT molecular complexity index is 1070. The zero-order valence-corrected chi connectivity index (χ0v) is 19.5. The zero-order valence-electron chi connectivity index (χ0n) is 19.5. The van der Waals surface area contributed by atoms with Gasteiger partial charge < -0.3 is 19.3 Å². The molecule has 2 heterocycles. The van der Waals surface area contributed by atoms with Gasteiger partial charge in [-0.1, -0.05) is 47.5 Å². The van der Waals surface area contributed by atoms with E-state index >= 15 is 0 Å². The van der Waals surface area contributed by atoms with E-state index in [-0.39, 0.29) is 17.6 Å². The van der Waals surface area contributed by atoms with Crippen LogP contribution in [-0.2, 0) is 0 Å². The van der Waals surface area contributed by atoms with Crippen LogP contribution < -0.4 is 14.8 Å². The van der Waals surface area contributed by atoms with Crippen LogP contribution in [0.15, 0.2) is 53.1 Å². The summed E-state index contributed by atoms with van der Waals surface area (Å²) in [4.78, 5) is 15.3. The maximum Gasteiger partial charge on any atom is 0.273 e. The molecule has 7 heteroatoms. The molecule has 1 amide bonds. The first-order chi connectivity index (χ1) is 16.1. The van der Waals surface area contributed by atoms with Gasteiger partial charge in [-0.25, -0.2) is 0 Å². The lowest BCUT2D eigenvalue weighted by Gasteiger charge is -2.35. The SMILES string of the molecule is COc1ccc([C@H](CNC(=O)c2cc(-c3ccc(C)cc3)on2)N2CCCCC2)cc1OC. The van der Waals surface area contributed by atoms with Gasteiger partial charge in [-0.2, -0.15) is 0 Å². The van der Waals surface area contributed by atoms with Gasteiger partial charge in [-0.15, -0.1) is 0 Å². The fourth-order valence-corrected chi connectivity index (χ4v) is 4.26. The third-order valence-corrected chi connectivity index (χ3v) is 6.16. The van der Waals surface area contributed by atoms with E-state index in [1.807, 2.05) is 49.4 Å². The largest absolute Gasteiger partial charge is 0.493 e. The fraction of sp³-hybridized carbons (Fsp3) is 0.385. The molecule has 0 unspecified atom stereocenters. The molecule has 7 nitrogen and oxygen atoms in total. The van der Waals surface area contributed by atoms with Crippen LogP contribution in [0, 0.1) is 6.92 Å². The summed E-state index contributed by atoms with van der Waals surface area (Å²) in [5.41, 5.74) is 3.41. The van der Waals surface area contributed by atoms with Gasteiger partial charge in [0.05, 0.1) is 20.3 Å². The van der Waals surface area contributed by atoms with Crippen LogP contribution in [-0.4, -0.2) is 49.8 Å². The van der Waals surface area contributed by atoms with Crippen molar-refractivity contribution in [3.8, 4) is 22.8 Å². The van der Waals surface area contributed by atoms with E-state index in [4.69, 9.17) is 14.0 Å². The number of methoxy groups -OCH3 is 2. The minimum absolute atomic E-state index is 0.0255. The molecule has 1 aliphatic rings. The van der Waals surface area contributed by atoms with Crippen LogP contribution in [0.5, 0.6) is 11.5 Å². The molecule has 3 aromatic rings. The smallest absolute Gasteiger partial charge is 0.273 e. The lowest BCUT2D eigenvalue weighted by Crippen LogP contribution is -2.40. The topological polar surface area (TPSA) is 76.8 Å². The molecular weight excluding hydrogens is 418 g/mol. The van der Waals surface area contributed by atoms with Gasteiger partial charge in [-0.3, -0.25) is 9.69 Å². The minimum atomic E-state index is -0.250. The first kappa shape index (κ1) is 22.9. The molecule has 0 bridgehead atoms. The second-order valence-electron chi connectivity index (χ2n) is 8.38. The molecule has 1 aliphatic heterocycles. The van der Waals surface area contributed by atoms with Crippen LogP contribution in [0.25, 0.3) is 11.3 Å². The Balaban J connectivity index is 1.50. The normalized spacial score (nSPS) is 15.1. The Morgan fingerprint density at radius 1 is 1.03 bits per heavy atom. The number of hydrogen-bond acceptors (Lipinski definition) is 6. The summed E-state index contributed by atoms with van der Waals surface area (Å²) in [7, 11) is 3.26. The Kier molecular flexibility index (Phi) is 7.29. The van der Waals surface area contributed by atoms with Crippen LogP contribution in [0.4, 0.5) is 0 Å². The molecule has 0 spiro atoms. The van der Waals surface area contributed by atoms with Crippen LogP contribution in [0.3, 0.4) is 0 Å². The number of aryl methyl sites for hydroxylation is 1. The van der Waals surface area contributed by atoms with E-state index in [9.17, 15) is 4.79 Å². The summed E-state index contributed by atoms with van der Waals surface area (Å²) in [5, 5.41) is 7.05. The molecule has 1 atom stereocenters. The zero-order chi connectivity index (χ0) is 23.2. The molecule has 1 fully saturated rings. The number of carbonyl (C=O) groups is 1. The van der Waals surface area contributed by atoms with E-state index in [1.165, 1.54) is 6.42 Å². The number of likely N-dealkylation sites (tertiary alicyclic amines) is 1. The number of rotatable bonds is 8. The van der Waals surface area contributed by atoms with Crippen molar-refractivity contribution in [1.82, 2.24) is 15.4 Å². The van der Waals surface area contributed by atoms with Gasteiger partial charge in [-0.05, 0) is 50.6 Å². The summed E-state index contributed by atoms with van der Waals surface area (Å²) < 4.78 is 16.3. The Morgan fingerprint density at radius 3 is 2.45 bits per heavy atom. The molecular formula is C26H31N3O4. The van der Waals surface area contributed by atoms with Crippen molar-refractivity contribution in [2.45, 2.75) is 32.2 Å². The number of hydrogen-bond donors (Lipinski definition) is 1. The molecule has 174 valence electrons. The molecule has 0 saturated carbocycles. The Morgan fingerprint density at radius 2 is 1.76 bits per heavy atom. The van der Waals surface area contributed by atoms with Crippen LogP contribution in [0.2, 0.25) is 0 Å². The Hall–Kier alpha value is -3.32. The maximum atomic E-state index is 12.9. The predicted octanol–water partition coefficient (Wildman–Crippen LogP) is 4.62. The van der Waals surface area contributed by atoms with Crippen molar-refractivity contribution in [1.29, 1.82) is 0 Å². The number of nitrogens with one attached hydrogen (secondary N) is 1. The molecule has 1 aromatic heterocycles. The average Bonchev–Trinajstić information content (AvgIpc) is 3.35. The number of nitrogens with zero attached hydrogens (tertiary/aromatic N) is 2. The highest BCUT2D eigenvalue weighted by atomic mass is 16.5. The van der Waals surface area contributed by atoms with Crippen molar-refractivity contribution < 1.29 is 18.8 Å². The molecule has 1 N–H and O–H groups in total. The van der Waals surface area contributed by atoms with Gasteiger partial charge >= 0.3 is 0 Å². The highest BCUT2D eigenvalue weighted by Crippen LogP contribution is 2.33. The lowest BCUT2D eigenvalue weighted by atomic mass is 10.0. The first-order valence-corrected chi connectivity index (χ1v) is 11.4. The van der Waals surface area contributed by atoms with Gasteiger partial charge in [0.15, 0.2) is 23.0 Å². The highest BCUT2D eigenvalue weighted by molar-refractivity contribution is 5.93. The Labute approximate surface area is 194 Å². The van der Waals surface area contributed by atoms with Gasteiger partial charge in [0.2, 0.25) is 0 Å². The fourth-order valence-electron chi connectivity index (χ4n) is 4.26. The number of benzene rings is 2. The standard InChI is InChI=1S/C26H31N3O4/c1-18-7-9-19(10-8-18)24-16-21(28-33-24)26(30)27-17-22(29-13-5-4-6-14-29)20-11-12-23(31-2)25(15-20)32-3/h7-12,15-16,22H,4-6,13-14,17H2,1-3H3,(H,27,30)/t22-/m0/s1. The van der Waals surface area contributed by atoms with Crippen molar-refractivity contribution in [3.63, 3.8) is 0 Å². The van der Waals surface area contributed by atoms with Crippen molar-refractivity contribution in [2.24, 2.45) is 0 Å². The molecule has 1 saturated heterocycles. The summed E-state index contributed by atoms with van der Waals surface area (Å²) in [5.74, 6) is 1.70. The third kappa shape index (κ3) is 5.37. The first-order valence-electron chi connectivity index (χ1n) is 11.4. The molecule has 33 heavy (non-hydrogen) atoms. The van der Waals surface area contributed by atoms with Crippen molar-refractivity contribution in [3.05, 3.63) is 65.4 Å². The van der Waals surface area contributed by atoms with Crippen molar-refractivity contribution in [2.75, 3.05) is 33.9 Å². The quantitative estimate of drug-likeness (QED) is 0.541. The summed E-state index contributed by atoms with van der Waals surface area (Å²) in [6, 6.07) is 15.6. The molecule has 2 aromatic carbocycles. The van der Waals surface area contributed by atoms with Gasteiger partial charge in [0.25, 0.3) is 5.91 Å². The minimum Gasteiger partial charge on any atom is -0.493 e. The summed E-state index contributed by atoms with van der Waals surface area (Å²) >= 11 is 0. The van der Waals surface area contributed by atoms with Gasteiger partial charge in [0.1, 0.15) is 0 Å². The van der Waals surface area contributed by atoms with E-state index < -0.39 is 0 Å². The van der Waals surface area contributed by atoms with Crippen molar-refractivity contribution >= 4 is 5.91 Å². The maximum absolute atomic E-state index is 12.9. The number of amides is 1. The number of aromatic nitrogens is 1. The molecule has 0 radical (unpaired) electrons.